The first-order valence-electron chi connectivity index (χ1n) is 3.88. The zero-order valence-corrected chi connectivity index (χ0v) is 7.75. The number of thioether (sulfide) groups is 1. The van der Waals surface area contributed by atoms with Gasteiger partial charge in [0.15, 0.2) is 0 Å². The van der Waals surface area contributed by atoms with E-state index >= 15 is 0 Å². The molecule has 66 valence electrons. The number of hydrogen-bond acceptors (Lipinski definition) is 3. The van der Waals surface area contributed by atoms with E-state index in [1.807, 2.05) is 11.8 Å². The van der Waals surface area contributed by atoms with E-state index in [1.165, 1.54) is 0 Å². The maximum absolute atomic E-state index is 10.6. The van der Waals surface area contributed by atoms with Crippen LogP contribution >= 0.6 is 11.8 Å². The monoisotopic (exact) mass is 176 g/mol. The molecule has 0 saturated heterocycles. The highest BCUT2D eigenvalue weighted by Gasteiger charge is 1.96. The van der Waals surface area contributed by atoms with Gasteiger partial charge in [-0.2, -0.15) is 11.8 Å². The first kappa shape index (κ1) is 10.8. The van der Waals surface area contributed by atoms with Crippen molar-refractivity contribution in [1.29, 1.82) is 0 Å². The molecule has 0 atom stereocenters. The van der Waals surface area contributed by atoms with E-state index in [4.69, 9.17) is 5.84 Å². The Hall–Kier alpha value is -0.220. The van der Waals surface area contributed by atoms with Crippen LogP contribution in [0.25, 0.3) is 0 Å². The quantitative estimate of drug-likeness (QED) is 0.274. The lowest BCUT2D eigenvalue weighted by Crippen LogP contribution is -2.29. The van der Waals surface area contributed by atoms with Gasteiger partial charge in [-0.3, -0.25) is 10.2 Å². The van der Waals surface area contributed by atoms with E-state index < -0.39 is 0 Å². The Balaban J connectivity index is 2.95. The number of nitrogens with one attached hydrogen (secondary N) is 1. The molecule has 0 aliphatic carbocycles. The summed E-state index contributed by atoms with van der Waals surface area (Å²) in [6.07, 6.45) is 2.60. The van der Waals surface area contributed by atoms with Crippen molar-refractivity contribution >= 4 is 17.7 Å². The van der Waals surface area contributed by atoms with Crippen molar-refractivity contribution in [3.63, 3.8) is 0 Å². The lowest BCUT2D eigenvalue weighted by Gasteiger charge is -1.98. The third kappa shape index (κ3) is 7.68. The summed E-state index contributed by atoms with van der Waals surface area (Å²) in [7, 11) is 0. The first-order valence-corrected chi connectivity index (χ1v) is 5.04. The molecule has 1 amide bonds. The third-order valence-electron chi connectivity index (χ3n) is 1.31. The van der Waals surface area contributed by atoms with E-state index in [1.54, 1.807) is 0 Å². The number of rotatable bonds is 6. The highest BCUT2D eigenvalue weighted by molar-refractivity contribution is 7.99. The molecule has 0 heterocycles. The summed E-state index contributed by atoms with van der Waals surface area (Å²) in [6.45, 7) is 2.14. The van der Waals surface area contributed by atoms with Crippen molar-refractivity contribution in [3.8, 4) is 0 Å². The van der Waals surface area contributed by atoms with Crippen LogP contribution < -0.4 is 11.3 Å². The predicted octanol–water partition coefficient (Wildman–Crippen LogP) is 0.900. The van der Waals surface area contributed by atoms with Gasteiger partial charge < -0.3 is 0 Å². The van der Waals surface area contributed by atoms with Crippen LogP contribution in [0, 0.1) is 0 Å². The van der Waals surface area contributed by atoms with Gasteiger partial charge in [-0.15, -0.1) is 0 Å². The zero-order chi connectivity index (χ0) is 8.53. The Morgan fingerprint density at radius 2 is 2.27 bits per heavy atom. The van der Waals surface area contributed by atoms with Crippen LogP contribution in [0.2, 0.25) is 0 Å². The SMILES string of the molecule is CCSCCCCC(=O)NN. The van der Waals surface area contributed by atoms with Gasteiger partial charge in [0.25, 0.3) is 0 Å². The normalized spacial score (nSPS) is 9.64. The fraction of sp³-hybridized carbons (Fsp3) is 0.857. The smallest absolute Gasteiger partial charge is 0.233 e. The molecule has 0 saturated carbocycles. The molecule has 0 aromatic heterocycles. The average molecular weight is 176 g/mol. The second-order valence-corrected chi connectivity index (χ2v) is 3.62. The predicted molar refractivity (Wildman–Crippen MR) is 49.2 cm³/mol. The Morgan fingerprint density at radius 1 is 1.55 bits per heavy atom. The molecular weight excluding hydrogens is 160 g/mol. The summed E-state index contributed by atoms with van der Waals surface area (Å²) in [4.78, 5) is 10.6. The lowest BCUT2D eigenvalue weighted by molar-refractivity contribution is -0.121. The van der Waals surface area contributed by atoms with Gasteiger partial charge in [0.2, 0.25) is 5.91 Å². The van der Waals surface area contributed by atoms with E-state index in [0.717, 1.165) is 24.3 Å². The largest absolute Gasteiger partial charge is 0.294 e. The number of amides is 1. The third-order valence-corrected chi connectivity index (χ3v) is 2.29. The summed E-state index contributed by atoms with van der Waals surface area (Å²) >= 11 is 1.90. The molecule has 3 nitrogen and oxygen atoms in total. The second kappa shape index (κ2) is 7.88. The minimum atomic E-state index is -0.0634. The fourth-order valence-corrected chi connectivity index (χ4v) is 1.40. The molecular formula is C7H16N2OS. The summed E-state index contributed by atoms with van der Waals surface area (Å²) in [5.74, 6) is 7.15. The van der Waals surface area contributed by atoms with Crippen LogP contribution in [0.5, 0.6) is 0 Å². The Labute approximate surface area is 72.1 Å². The maximum atomic E-state index is 10.6. The van der Waals surface area contributed by atoms with Crippen LogP contribution in [0.4, 0.5) is 0 Å². The molecule has 3 N–H and O–H groups in total. The number of hydrazine groups is 1. The van der Waals surface area contributed by atoms with Crippen LogP contribution in [0.1, 0.15) is 26.2 Å². The number of nitrogens with two attached hydrogens (primary N) is 1. The van der Waals surface area contributed by atoms with Gasteiger partial charge in [-0.25, -0.2) is 5.84 Å². The van der Waals surface area contributed by atoms with Crippen molar-refractivity contribution in [2.24, 2.45) is 5.84 Å². The summed E-state index contributed by atoms with van der Waals surface area (Å²) in [5.41, 5.74) is 2.11. The molecule has 0 aliphatic rings. The van der Waals surface area contributed by atoms with Crippen LogP contribution in [-0.4, -0.2) is 17.4 Å². The molecule has 0 aromatic rings. The van der Waals surface area contributed by atoms with Gasteiger partial charge >= 0.3 is 0 Å². The van der Waals surface area contributed by atoms with Gasteiger partial charge in [-0.05, 0) is 24.3 Å². The van der Waals surface area contributed by atoms with Crippen molar-refractivity contribution < 1.29 is 4.79 Å². The Morgan fingerprint density at radius 3 is 2.82 bits per heavy atom. The van der Waals surface area contributed by atoms with Crippen molar-refractivity contribution in [2.75, 3.05) is 11.5 Å². The Kier molecular flexibility index (Phi) is 7.72. The van der Waals surface area contributed by atoms with Crippen LogP contribution in [0.3, 0.4) is 0 Å². The van der Waals surface area contributed by atoms with Gasteiger partial charge in [-0.1, -0.05) is 6.92 Å². The van der Waals surface area contributed by atoms with Crippen molar-refractivity contribution in [2.45, 2.75) is 26.2 Å². The van der Waals surface area contributed by atoms with Crippen LogP contribution in [-0.2, 0) is 4.79 Å². The van der Waals surface area contributed by atoms with E-state index in [2.05, 4.69) is 12.3 Å². The van der Waals surface area contributed by atoms with E-state index in [0.29, 0.717) is 6.42 Å². The fourth-order valence-electron chi connectivity index (χ4n) is 0.706. The lowest BCUT2D eigenvalue weighted by atomic mass is 10.2. The first-order chi connectivity index (χ1) is 5.31. The van der Waals surface area contributed by atoms with Crippen molar-refractivity contribution in [3.05, 3.63) is 0 Å². The maximum Gasteiger partial charge on any atom is 0.233 e. The standard InChI is InChI=1S/C7H16N2OS/c1-2-11-6-4-3-5-7(10)9-8/h2-6,8H2,1H3,(H,9,10). The minimum Gasteiger partial charge on any atom is -0.294 e. The molecule has 0 spiro atoms. The van der Waals surface area contributed by atoms with E-state index in [-0.39, 0.29) is 5.91 Å². The number of hydrogen-bond donors (Lipinski definition) is 2. The van der Waals surface area contributed by atoms with Gasteiger partial charge in [0.1, 0.15) is 0 Å². The number of carbonyl (C=O) groups excluding carboxylic acids is 1. The van der Waals surface area contributed by atoms with Crippen molar-refractivity contribution in [1.82, 2.24) is 5.43 Å². The van der Waals surface area contributed by atoms with Crippen LogP contribution in [0.15, 0.2) is 0 Å². The van der Waals surface area contributed by atoms with Gasteiger partial charge in [0, 0.05) is 6.42 Å². The zero-order valence-electron chi connectivity index (χ0n) is 6.93. The highest BCUT2D eigenvalue weighted by Crippen LogP contribution is 2.04. The minimum absolute atomic E-state index is 0.0634. The molecule has 4 heteroatoms. The Bertz CT molecular complexity index is 109. The topological polar surface area (TPSA) is 55.1 Å². The number of carbonyl (C=O) groups is 1. The molecule has 0 unspecified atom stereocenters. The summed E-state index contributed by atoms with van der Waals surface area (Å²) in [6, 6.07) is 0. The highest BCUT2D eigenvalue weighted by atomic mass is 32.2. The van der Waals surface area contributed by atoms with E-state index in [9.17, 15) is 4.79 Å². The molecule has 0 rings (SSSR count). The molecule has 11 heavy (non-hydrogen) atoms. The number of unbranched alkanes of at least 4 members (excludes halogenated alkanes) is 1. The summed E-state index contributed by atoms with van der Waals surface area (Å²) in [5, 5.41) is 0. The van der Waals surface area contributed by atoms with Gasteiger partial charge in [0.05, 0.1) is 0 Å². The molecule has 0 bridgehead atoms. The molecule has 0 fully saturated rings. The average Bonchev–Trinajstić information content (AvgIpc) is 2.04. The molecule has 0 aliphatic heterocycles. The second-order valence-electron chi connectivity index (χ2n) is 2.22. The molecule has 0 radical (unpaired) electrons. The molecule has 0 aromatic carbocycles. The summed E-state index contributed by atoms with van der Waals surface area (Å²) < 4.78 is 0.